The molecule has 2 heterocycles. The van der Waals surface area contributed by atoms with E-state index >= 15 is 0 Å². The molecule has 2 saturated heterocycles. The van der Waals surface area contributed by atoms with Crippen molar-refractivity contribution in [3.63, 3.8) is 0 Å². The van der Waals surface area contributed by atoms with Crippen LogP contribution in [0.2, 0.25) is 0 Å². The molecule has 0 spiro atoms. The molecule has 5 aliphatic rings. The van der Waals surface area contributed by atoms with E-state index in [0.717, 1.165) is 66.6 Å². The van der Waals surface area contributed by atoms with Gasteiger partial charge in [-0.1, -0.05) is 28.1 Å². The maximum atomic E-state index is 14.6. The first-order chi connectivity index (χ1) is 26.2. The van der Waals surface area contributed by atoms with Crippen LogP contribution in [0.5, 0.6) is 5.75 Å². The number of aliphatic hydroxyl groups excluding tert-OH is 1. The number of ether oxygens (including phenoxy) is 1. The molecule has 0 aromatic heterocycles. The van der Waals surface area contributed by atoms with Crippen molar-refractivity contribution in [1.29, 1.82) is 0 Å². The predicted molar refractivity (Wildman–Crippen MR) is 236 cm³/mol. The number of carbonyl (C=O) groups excluding carboxylic acids is 2. The first-order valence-electron chi connectivity index (χ1n) is 21.2. The van der Waals surface area contributed by atoms with Crippen LogP contribution in [0.1, 0.15) is 120 Å². The molecule has 3 N–H and O–H groups in total. The second-order valence-electron chi connectivity index (χ2n) is 18.8. The number of allylic oxidation sites excluding steroid dienone is 1. The Labute approximate surface area is 346 Å². The molecule has 302 valence electrons. The van der Waals surface area contributed by atoms with E-state index in [4.69, 9.17) is 4.74 Å². The topological polar surface area (TPSA) is 87.7 Å². The number of aliphatic hydroxyl groups is 1. The standard InChI is InChI=1S/C47H66BrIN2O4/c1-31(2)36-17-23-47(24-26-49-37(41(36)47)15-16-39-45(5)21-19-40(52)44(3,4)38(45)18-22-46(39,49)6)43(54)50-27-20-32-9-7-10-34(29-32)42(53)51-30-33-11-13-35(14-12-33)55-28-8-25-48/h7,9-14,29,36-41,52H,1,8,15-28,30H2,2-6H3,(H,50,54)(H,51,53). The Bertz CT molecular complexity index is 1730. The number of hydrogen-bond acceptors (Lipinski definition) is 4. The molecule has 55 heavy (non-hydrogen) atoms. The first-order valence-corrected chi connectivity index (χ1v) is 26.1. The molecular formula is C47H66BrIN2O4. The molecule has 3 saturated carbocycles. The van der Waals surface area contributed by atoms with Crippen LogP contribution in [0.25, 0.3) is 0 Å². The Balaban J connectivity index is 0.988. The van der Waals surface area contributed by atoms with E-state index in [9.17, 15) is 14.7 Å². The molecule has 0 radical (unpaired) electrons. The molecule has 2 aliphatic heterocycles. The fourth-order valence-electron chi connectivity index (χ4n) is 12.7. The SMILES string of the molecule is C=C(C)C1CCC2(C(=O)NCCc3cccc(C(=O)NCc4ccc(OCCCBr)cc4)c3)CCI3C(CCC4C5(C)CCC(O)C(C)(C)C5CCC43C)C12. The van der Waals surface area contributed by atoms with Gasteiger partial charge in [0.15, 0.2) is 0 Å². The summed E-state index contributed by atoms with van der Waals surface area (Å²) in [4.78, 5) is 27.7. The minimum absolute atomic E-state index is 0.0191. The maximum absolute atomic E-state index is 14.6. The van der Waals surface area contributed by atoms with Gasteiger partial charge in [0.25, 0.3) is 0 Å². The average Bonchev–Trinajstić information content (AvgIpc) is 3.58. The normalized spacial score (nSPS) is 35.4. The second kappa shape index (κ2) is 16.4. The number of nitrogens with one attached hydrogen (secondary N) is 2. The summed E-state index contributed by atoms with van der Waals surface area (Å²) in [6.07, 6.45) is 11.8. The second-order valence-corrected chi connectivity index (χ2v) is 27.0. The van der Waals surface area contributed by atoms with Gasteiger partial charge in [0.1, 0.15) is 5.75 Å². The zero-order valence-corrected chi connectivity index (χ0v) is 37.8. The number of fused-ring (bicyclic) bond motifs is 7. The molecule has 9 unspecified atom stereocenters. The Kier molecular flexibility index (Phi) is 12.3. The monoisotopic (exact) mass is 928 g/mol. The molecular weight excluding hydrogens is 863 g/mol. The summed E-state index contributed by atoms with van der Waals surface area (Å²) in [5.41, 5.74) is 4.00. The molecule has 9 atom stereocenters. The molecule has 8 heteroatoms. The summed E-state index contributed by atoms with van der Waals surface area (Å²) >= 11 is 1.93. The quantitative estimate of drug-likeness (QED) is 0.0857. The van der Waals surface area contributed by atoms with Crippen molar-refractivity contribution >= 4 is 47.6 Å². The van der Waals surface area contributed by atoms with Gasteiger partial charge in [0.05, 0.1) is 6.61 Å². The van der Waals surface area contributed by atoms with E-state index in [-0.39, 0.29) is 28.7 Å². The minimum atomic E-state index is -1.49. The van der Waals surface area contributed by atoms with Crippen LogP contribution in [-0.2, 0) is 17.8 Å². The van der Waals surface area contributed by atoms with Gasteiger partial charge in [0, 0.05) is 11.9 Å². The molecule has 7 rings (SSSR count). The van der Waals surface area contributed by atoms with Gasteiger partial charge >= 0.3 is 268 Å². The van der Waals surface area contributed by atoms with Crippen molar-refractivity contribution in [2.75, 3.05) is 22.9 Å². The zero-order valence-electron chi connectivity index (χ0n) is 34.0. The van der Waals surface area contributed by atoms with E-state index in [1.807, 2.05) is 42.5 Å². The van der Waals surface area contributed by atoms with E-state index in [2.05, 4.69) is 73.8 Å². The number of carbonyl (C=O) groups is 2. The van der Waals surface area contributed by atoms with Crippen molar-refractivity contribution in [3.8, 4) is 5.75 Å². The van der Waals surface area contributed by atoms with Crippen LogP contribution in [0.4, 0.5) is 0 Å². The van der Waals surface area contributed by atoms with Gasteiger partial charge in [-0.15, -0.1) is 0 Å². The molecule has 3 aliphatic carbocycles. The predicted octanol–water partition coefficient (Wildman–Crippen LogP) is 10.1. The molecule has 2 aromatic rings. The van der Waals surface area contributed by atoms with E-state index in [0.29, 0.717) is 62.2 Å². The summed E-state index contributed by atoms with van der Waals surface area (Å²) in [6.45, 7) is 18.5. The fourth-order valence-corrected chi connectivity index (χ4v) is 24.6. The molecule has 2 amide bonds. The summed E-state index contributed by atoms with van der Waals surface area (Å²) in [5, 5.41) is 18.5. The fraction of sp³-hybridized carbons (Fsp3) is 0.660. The molecule has 5 fully saturated rings. The number of alkyl halides is 4. The first kappa shape index (κ1) is 41.3. The average molecular weight is 930 g/mol. The Hall–Kier alpha value is -1.91. The summed E-state index contributed by atoms with van der Waals surface area (Å²) in [5.74, 6) is 3.21. The van der Waals surface area contributed by atoms with E-state index in [1.165, 1.54) is 35.7 Å². The molecule has 2 aromatic carbocycles. The van der Waals surface area contributed by atoms with Gasteiger partial charge < -0.3 is 4.74 Å². The van der Waals surface area contributed by atoms with Crippen molar-refractivity contribution in [1.82, 2.24) is 10.6 Å². The van der Waals surface area contributed by atoms with Gasteiger partial charge in [-0.2, -0.15) is 0 Å². The summed E-state index contributed by atoms with van der Waals surface area (Å²) in [6, 6.07) is 15.7. The summed E-state index contributed by atoms with van der Waals surface area (Å²) < 4.78 is 8.19. The third kappa shape index (κ3) is 7.61. The van der Waals surface area contributed by atoms with Crippen LogP contribution < -0.4 is 15.4 Å². The Morgan fingerprint density at radius 3 is 2.45 bits per heavy atom. The molecule has 6 nitrogen and oxygen atoms in total. The van der Waals surface area contributed by atoms with E-state index in [1.54, 1.807) is 0 Å². The van der Waals surface area contributed by atoms with Crippen LogP contribution in [0, 0.1) is 39.9 Å². The van der Waals surface area contributed by atoms with Gasteiger partial charge in [-0.3, -0.25) is 0 Å². The number of hydrogen-bond donors (Lipinski definition) is 3. The van der Waals surface area contributed by atoms with Crippen LogP contribution in [-0.4, -0.2) is 53.3 Å². The third-order valence-corrected chi connectivity index (χ3v) is 25.6. The Morgan fingerprint density at radius 2 is 1.71 bits per heavy atom. The van der Waals surface area contributed by atoms with Crippen molar-refractivity contribution in [3.05, 3.63) is 77.4 Å². The van der Waals surface area contributed by atoms with E-state index < -0.39 is 19.8 Å². The number of halogens is 2. The van der Waals surface area contributed by atoms with Crippen molar-refractivity contribution < 1.29 is 19.4 Å². The van der Waals surface area contributed by atoms with Crippen molar-refractivity contribution in [2.45, 2.75) is 125 Å². The third-order valence-electron chi connectivity index (χ3n) is 15.6. The van der Waals surface area contributed by atoms with Gasteiger partial charge in [0.2, 0.25) is 0 Å². The Morgan fingerprint density at radius 1 is 0.927 bits per heavy atom. The number of rotatable bonds is 12. The van der Waals surface area contributed by atoms with Crippen LogP contribution in [0.15, 0.2) is 60.7 Å². The van der Waals surface area contributed by atoms with Crippen molar-refractivity contribution in [2.24, 2.45) is 39.9 Å². The summed E-state index contributed by atoms with van der Waals surface area (Å²) in [7, 11) is 0. The molecule has 0 bridgehead atoms. The van der Waals surface area contributed by atoms with Gasteiger partial charge in [-0.25, -0.2) is 0 Å². The van der Waals surface area contributed by atoms with Crippen LogP contribution in [0.3, 0.4) is 0 Å². The number of benzene rings is 2. The zero-order chi connectivity index (χ0) is 39.2. The van der Waals surface area contributed by atoms with Gasteiger partial charge in [-0.05, 0) is 24.1 Å². The number of amides is 2. The van der Waals surface area contributed by atoms with Crippen LogP contribution >= 0.6 is 35.7 Å².